The van der Waals surface area contributed by atoms with E-state index in [4.69, 9.17) is 18.6 Å². The highest BCUT2D eigenvalue weighted by Crippen LogP contribution is 2.37. The number of ether oxygens (including phenoxy) is 3. The third-order valence-corrected chi connectivity index (χ3v) is 5.09. The average Bonchev–Trinajstić information content (AvgIpc) is 3.16. The number of aryl methyl sites for hydroxylation is 2. The molecule has 30 heavy (non-hydrogen) atoms. The summed E-state index contributed by atoms with van der Waals surface area (Å²) in [5.41, 5.74) is 5.56. The van der Waals surface area contributed by atoms with Crippen LogP contribution in [0.1, 0.15) is 11.1 Å². The van der Waals surface area contributed by atoms with E-state index in [0.29, 0.717) is 22.6 Å². The summed E-state index contributed by atoms with van der Waals surface area (Å²) in [5.74, 6) is 1.28. The van der Waals surface area contributed by atoms with Gasteiger partial charge in [0.25, 0.3) is 0 Å². The lowest BCUT2D eigenvalue weighted by Crippen LogP contribution is -1.94. The Morgan fingerprint density at radius 2 is 1.47 bits per heavy atom. The van der Waals surface area contributed by atoms with Crippen molar-refractivity contribution in [2.75, 3.05) is 21.3 Å². The molecule has 0 fully saturated rings. The molecule has 5 nitrogen and oxygen atoms in total. The van der Waals surface area contributed by atoms with E-state index in [0.717, 1.165) is 28.0 Å². The van der Waals surface area contributed by atoms with Gasteiger partial charge in [-0.25, -0.2) is 9.37 Å². The van der Waals surface area contributed by atoms with Gasteiger partial charge in [-0.1, -0.05) is 6.07 Å². The SMILES string of the molecule is COc1cc(F)c(-c2nc3ccc(-c4cc(C)c(OC)c(C)c4)cc3o2)cc1OC. The first-order valence-corrected chi connectivity index (χ1v) is 9.43. The summed E-state index contributed by atoms with van der Waals surface area (Å²) < 4.78 is 36.4. The topological polar surface area (TPSA) is 53.7 Å². The van der Waals surface area contributed by atoms with Crippen LogP contribution in [0.4, 0.5) is 4.39 Å². The van der Waals surface area contributed by atoms with Crippen LogP contribution in [0.2, 0.25) is 0 Å². The highest BCUT2D eigenvalue weighted by atomic mass is 19.1. The molecule has 0 amide bonds. The minimum Gasteiger partial charge on any atom is -0.496 e. The fourth-order valence-electron chi connectivity index (χ4n) is 3.68. The van der Waals surface area contributed by atoms with Gasteiger partial charge in [-0.3, -0.25) is 0 Å². The molecule has 3 aromatic carbocycles. The van der Waals surface area contributed by atoms with E-state index >= 15 is 0 Å². The van der Waals surface area contributed by atoms with Crippen LogP contribution in [0, 0.1) is 19.7 Å². The van der Waals surface area contributed by atoms with Crippen LogP contribution in [0.25, 0.3) is 33.7 Å². The van der Waals surface area contributed by atoms with Crippen LogP contribution in [-0.2, 0) is 0 Å². The number of rotatable bonds is 5. The van der Waals surface area contributed by atoms with Gasteiger partial charge in [0.1, 0.15) is 17.1 Å². The minimum absolute atomic E-state index is 0.183. The molecule has 6 heteroatoms. The van der Waals surface area contributed by atoms with Gasteiger partial charge in [-0.05, 0) is 66.4 Å². The van der Waals surface area contributed by atoms with Crippen LogP contribution in [0.5, 0.6) is 17.2 Å². The number of fused-ring (bicyclic) bond motifs is 1. The fraction of sp³-hybridized carbons (Fsp3) is 0.208. The fourth-order valence-corrected chi connectivity index (χ4v) is 3.68. The van der Waals surface area contributed by atoms with E-state index in [9.17, 15) is 4.39 Å². The smallest absolute Gasteiger partial charge is 0.230 e. The zero-order chi connectivity index (χ0) is 21.4. The van der Waals surface area contributed by atoms with Crippen molar-refractivity contribution in [3.8, 4) is 39.8 Å². The Morgan fingerprint density at radius 1 is 0.800 bits per heavy atom. The molecule has 0 aliphatic carbocycles. The van der Waals surface area contributed by atoms with E-state index < -0.39 is 5.82 Å². The number of nitrogens with zero attached hydrogens (tertiary/aromatic N) is 1. The molecule has 0 aliphatic rings. The second kappa shape index (κ2) is 7.71. The summed E-state index contributed by atoms with van der Waals surface area (Å²) in [5, 5.41) is 0. The maximum atomic E-state index is 14.6. The molecule has 4 aromatic rings. The van der Waals surface area contributed by atoms with Gasteiger partial charge in [0.05, 0.1) is 26.9 Å². The highest BCUT2D eigenvalue weighted by Gasteiger charge is 2.18. The number of hydrogen-bond acceptors (Lipinski definition) is 5. The van der Waals surface area contributed by atoms with Crippen molar-refractivity contribution in [1.82, 2.24) is 4.98 Å². The van der Waals surface area contributed by atoms with Gasteiger partial charge in [-0.15, -0.1) is 0 Å². The number of benzene rings is 3. The molecular weight excluding hydrogens is 385 g/mol. The van der Waals surface area contributed by atoms with E-state index in [2.05, 4.69) is 17.1 Å². The summed E-state index contributed by atoms with van der Waals surface area (Å²) in [7, 11) is 4.63. The van der Waals surface area contributed by atoms with Crippen molar-refractivity contribution in [2.45, 2.75) is 13.8 Å². The molecule has 0 aliphatic heterocycles. The summed E-state index contributed by atoms with van der Waals surface area (Å²) in [6, 6.07) is 12.7. The summed E-state index contributed by atoms with van der Waals surface area (Å²) in [6.07, 6.45) is 0. The van der Waals surface area contributed by atoms with E-state index in [1.165, 1.54) is 26.4 Å². The Balaban J connectivity index is 1.79. The van der Waals surface area contributed by atoms with Crippen molar-refractivity contribution in [2.24, 2.45) is 0 Å². The van der Waals surface area contributed by atoms with Crippen LogP contribution >= 0.6 is 0 Å². The maximum Gasteiger partial charge on any atom is 0.230 e. The molecular formula is C24H22FNO4. The quantitative estimate of drug-likeness (QED) is 0.410. The predicted molar refractivity (Wildman–Crippen MR) is 114 cm³/mol. The Hall–Kier alpha value is -3.54. The lowest BCUT2D eigenvalue weighted by molar-refractivity contribution is 0.352. The van der Waals surface area contributed by atoms with E-state index in [1.54, 1.807) is 7.11 Å². The normalized spacial score (nSPS) is 11.0. The van der Waals surface area contributed by atoms with Gasteiger partial charge in [-0.2, -0.15) is 0 Å². The number of oxazole rings is 1. The molecule has 0 spiro atoms. The van der Waals surface area contributed by atoms with Crippen LogP contribution in [0.3, 0.4) is 0 Å². The maximum absolute atomic E-state index is 14.6. The standard InChI is InChI=1S/C24H22FNO4/c1-13-8-16(9-14(2)23(13)29-5)15-6-7-19-20(10-15)30-24(26-19)17-11-21(27-3)22(28-4)12-18(17)25/h6-12H,1-5H3. The Labute approximate surface area is 174 Å². The number of methoxy groups -OCH3 is 3. The number of aromatic nitrogens is 1. The van der Waals surface area contributed by atoms with Crippen molar-refractivity contribution in [3.05, 3.63) is 59.4 Å². The lowest BCUT2D eigenvalue weighted by Gasteiger charge is -2.11. The molecule has 1 heterocycles. The average molecular weight is 407 g/mol. The first kappa shape index (κ1) is 19.8. The Morgan fingerprint density at radius 3 is 2.10 bits per heavy atom. The van der Waals surface area contributed by atoms with Gasteiger partial charge < -0.3 is 18.6 Å². The third kappa shape index (κ3) is 3.34. The number of hydrogen-bond donors (Lipinski definition) is 0. The largest absolute Gasteiger partial charge is 0.496 e. The van der Waals surface area contributed by atoms with Crippen LogP contribution in [-0.4, -0.2) is 26.3 Å². The van der Waals surface area contributed by atoms with Crippen molar-refractivity contribution in [1.29, 1.82) is 0 Å². The van der Waals surface area contributed by atoms with Gasteiger partial charge in [0.2, 0.25) is 5.89 Å². The zero-order valence-corrected chi connectivity index (χ0v) is 17.5. The van der Waals surface area contributed by atoms with Crippen LogP contribution < -0.4 is 14.2 Å². The van der Waals surface area contributed by atoms with Gasteiger partial charge in [0, 0.05) is 6.07 Å². The first-order chi connectivity index (χ1) is 14.4. The van der Waals surface area contributed by atoms with Crippen LogP contribution in [0.15, 0.2) is 46.9 Å². The summed E-state index contributed by atoms with van der Waals surface area (Å²) in [6.45, 7) is 4.03. The second-order valence-corrected chi connectivity index (χ2v) is 7.03. The van der Waals surface area contributed by atoms with Crippen molar-refractivity contribution < 1.29 is 23.0 Å². The van der Waals surface area contributed by atoms with E-state index in [-0.39, 0.29) is 11.5 Å². The van der Waals surface area contributed by atoms with Gasteiger partial charge >= 0.3 is 0 Å². The minimum atomic E-state index is -0.499. The molecule has 0 atom stereocenters. The summed E-state index contributed by atoms with van der Waals surface area (Å²) in [4.78, 5) is 4.45. The van der Waals surface area contributed by atoms with Crippen molar-refractivity contribution in [3.63, 3.8) is 0 Å². The highest BCUT2D eigenvalue weighted by molar-refractivity contribution is 5.83. The molecule has 0 radical (unpaired) electrons. The third-order valence-electron chi connectivity index (χ3n) is 5.09. The Bertz CT molecular complexity index is 1220. The monoisotopic (exact) mass is 407 g/mol. The molecule has 0 saturated carbocycles. The van der Waals surface area contributed by atoms with Crippen molar-refractivity contribution >= 4 is 11.1 Å². The molecule has 1 aromatic heterocycles. The van der Waals surface area contributed by atoms with Gasteiger partial charge in [0.15, 0.2) is 17.1 Å². The second-order valence-electron chi connectivity index (χ2n) is 7.03. The number of halogens is 1. The molecule has 0 unspecified atom stereocenters. The molecule has 0 bridgehead atoms. The molecule has 4 rings (SSSR count). The zero-order valence-electron chi connectivity index (χ0n) is 17.5. The Kier molecular flexibility index (Phi) is 5.08. The van der Waals surface area contributed by atoms with E-state index in [1.807, 2.05) is 32.0 Å². The first-order valence-electron chi connectivity index (χ1n) is 9.43. The molecule has 0 N–H and O–H groups in total. The lowest BCUT2D eigenvalue weighted by atomic mass is 9.99. The predicted octanol–water partition coefficient (Wildman–Crippen LogP) is 5.94. The molecule has 0 saturated heterocycles. The summed E-state index contributed by atoms with van der Waals surface area (Å²) >= 11 is 0. The molecule has 154 valence electrons.